The fourth-order valence-electron chi connectivity index (χ4n) is 3.10. The Kier molecular flexibility index (Phi) is 10.9. The topological polar surface area (TPSA) is 56.8 Å². The van der Waals surface area contributed by atoms with Gasteiger partial charge in [0.1, 0.15) is 11.4 Å². The van der Waals surface area contributed by atoms with Crippen molar-refractivity contribution in [3.63, 3.8) is 0 Å². The molecule has 176 valence electrons. The molecule has 0 saturated heterocycles. The molecule has 5 nitrogen and oxygen atoms in total. The average molecular weight is 460 g/mol. The standard InChI is InChI=1S/C26H37NO4S/c1-6-29-24(19-32-7-2)18-21-10-14-23(15-11-21)30-17-16-20-8-12-22(13-9-20)27-25(28)31-26(3,4)5/h8-15,24H,6-7,16-19H2,1-5H3,(H,27,28)/t24-/m0/s1. The summed E-state index contributed by atoms with van der Waals surface area (Å²) in [7, 11) is 0. The zero-order valence-electron chi connectivity index (χ0n) is 20.0. The Bertz CT molecular complexity index is 800. The third-order valence-electron chi connectivity index (χ3n) is 4.56. The van der Waals surface area contributed by atoms with Gasteiger partial charge in [0, 0.05) is 24.5 Å². The lowest BCUT2D eigenvalue weighted by Crippen LogP contribution is -2.27. The van der Waals surface area contributed by atoms with Crippen LogP contribution in [-0.4, -0.2) is 42.5 Å². The van der Waals surface area contributed by atoms with E-state index in [1.165, 1.54) is 5.56 Å². The number of amides is 1. The summed E-state index contributed by atoms with van der Waals surface area (Å²) in [5, 5.41) is 2.74. The smallest absolute Gasteiger partial charge is 0.412 e. The molecule has 0 aliphatic rings. The van der Waals surface area contributed by atoms with Crippen molar-refractivity contribution in [1.29, 1.82) is 0 Å². The Hall–Kier alpha value is -2.18. The van der Waals surface area contributed by atoms with Crippen LogP contribution >= 0.6 is 11.8 Å². The number of nitrogens with one attached hydrogen (secondary N) is 1. The van der Waals surface area contributed by atoms with Crippen LogP contribution < -0.4 is 10.1 Å². The monoisotopic (exact) mass is 459 g/mol. The highest BCUT2D eigenvalue weighted by atomic mass is 32.2. The van der Waals surface area contributed by atoms with Crippen molar-refractivity contribution < 1.29 is 19.0 Å². The molecular formula is C26H37NO4S. The number of hydrogen-bond donors (Lipinski definition) is 1. The van der Waals surface area contributed by atoms with Gasteiger partial charge in [-0.1, -0.05) is 31.2 Å². The molecule has 0 fully saturated rings. The second kappa shape index (κ2) is 13.4. The lowest BCUT2D eigenvalue weighted by atomic mass is 10.1. The lowest BCUT2D eigenvalue weighted by molar-refractivity contribution is 0.0636. The molecular weight excluding hydrogens is 422 g/mol. The maximum absolute atomic E-state index is 11.8. The first kappa shape index (κ1) is 26.1. The second-order valence-corrected chi connectivity index (χ2v) is 9.83. The molecule has 32 heavy (non-hydrogen) atoms. The largest absolute Gasteiger partial charge is 0.493 e. The van der Waals surface area contributed by atoms with Crippen LogP contribution in [0.3, 0.4) is 0 Å². The molecule has 0 aliphatic heterocycles. The van der Waals surface area contributed by atoms with Gasteiger partial charge in [-0.25, -0.2) is 4.79 Å². The van der Waals surface area contributed by atoms with E-state index in [1.807, 2.05) is 75.9 Å². The Balaban J connectivity index is 1.76. The van der Waals surface area contributed by atoms with Gasteiger partial charge in [-0.05, 0) is 75.3 Å². The first-order chi connectivity index (χ1) is 15.3. The number of carbonyl (C=O) groups excluding carboxylic acids is 1. The van der Waals surface area contributed by atoms with Gasteiger partial charge >= 0.3 is 6.09 Å². The minimum atomic E-state index is -0.515. The van der Waals surface area contributed by atoms with Crippen LogP contribution in [0.2, 0.25) is 0 Å². The maximum atomic E-state index is 11.8. The van der Waals surface area contributed by atoms with Gasteiger partial charge in [0.2, 0.25) is 0 Å². The minimum Gasteiger partial charge on any atom is -0.493 e. The summed E-state index contributed by atoms with van der Waals surface area (Å²) >= 11 is 1.92. The molecule has 0 spiro atoms. The van der Waals surface area contributed by atoms with E-state index < -0.39 is 11.7 Å². The van der Waals surface area contributed by atoms with E-state index in [0.717, 1.165) is 42.3 Å². The highest BCUT2D eigenvalue weighted by molar-refractivity contribution is 7.99. The number of ether oxygens (including phenoxy) is 3. The maximum Gasteiger partial charge on any atom is 0.412 e. The number of benzene rings is 2. The fourth-order valence-corrected chi connectivity index (χ4v) is 3.81. The van der Waals surface area contributed by atoms with Crippen molar-refractivity contribution in [1.82, 2.24) is 0 Å². The van der Waals surface area contributed by atoms with E-state index in [9.17, 15) is 4.79 Å². The molecule has 6 heteroatoms. The number of thioether (sulfide) groups is 1. The third kappa shape index (κ3) is 10.4. The zero-order chi connectivity index (χ0) is 23.4. The molecule has 0 heterocycles. The summed E-state index contributed by atoms with van der Waals surface area (Å²) in [6.45, 7) is 11.1. The van der Waals surface area contributed by atoms with Crippen molar-refractivity contribution in [2.45, 2.75) is 59.2 Å². The first-order valence-corrected chi connectivity index (χ1v) is 12.4. The summed E-state index contributed by atoms with van der Waals surface area (Å²) in [4.78, 5) is 11.8. The highest BCUT2D eigenvalue weighted by Gasteiger charge is 2.16. The Labute approximate surface area is 197 Å². The molecule has 1 atom stereocenters. The number of rotatable bonds is 12. The Morgan fingerprint density at radius 1 is 1.00 bits per heavy atom. The SMILES string of the molecule is CCO[C@H](CSCC)Cc1ccc(OCCc2ccc(NC(=O)OC(C)(C)C)cc2)cc1. The molecule has 0 aromatic heterocycles. The molecule has 0 radical (unpaired) electrons. The summed E-state index contributed by atoms with van der Waals surface area (Å²) in [5.41, 5.74) is 2.60. The summed E-state index contributed by atoms with van der Waals surface area (Å²) < 4.78 is 17.0. The van der Waals surface area contributed by atoms with E-state index in [1.54, 1.807) is 0 Å². The van der Waals surface area contributed by atoms with Crippen LogP contribution in [-0.2, 0) is 22.3 Å². The zero-order valence-corrected chi connectivity index (χ0v) is 20.8. The fraction of sp³-hybridized carbons (Fsp3) is 0.500. The summed E-state index contributed by atoms with van der Waals surface area (Å²) in [5.74, 6) is 3.00. The van der Waals surface area contributed by atoms with Crippen molar-refractivity contribution in [3.05, 3.63) is 59.7 Å². The van der Waals surface area contributed by atoms with Crippen LogP contribution in [0.4, 0.5) is 10.5 Å². The van der Waals surface area contributed by atoms with Gasteiger partial charge in [-0.15, -0.1) is 0 Å². The van der Waals surface area contributed by atoms with Gasteiger partial charge in [-0.3, -0.25) is 5.32 Å². The lowest BCUT2D eigenvalue weighted by Gasteiger charge is -2.19. The van der Waals surface area contributed by atoms with E-state index in [0.29, 0.717) is 12.3 Å². The van der Waals surface area contributed by atoms with Crippen molar-refractivity contribution in [2.75, 3.05) is 30.0 Å². The molecule has 1 N–H and O–H groups in total. The van der Waals surface area contributed by atoms with Crippen LogP contribution in [0, 0.1) is 0 Å². The normalized spacial score (nSPS) is 12.3. The number of carbonyl (C=O) groups is 1. The molecule has 2 rings (SSSR count). The van der Waals surface area contributed by atoms with Gasteiger partial charge in [0.15, 0.2) is 0 Å². The number of anilines is 1. The highest BCUT2D eigenvalue weighted by Crippen LogP contribution is 2.17. The van der Waals surface area contributed by atoms with Crippen LogP contribution in [0.15, 0.2) is 48.5 Å². The minimum absolute atomic E-state index is 0.254. The Morgan fingerprint density at radius 3 is 2.25 bits per heavy atom. The average Bonchev–Trinajstić information content (AvgIpc) is 2.73. The predicted molar refractivity (Wildman–Crippen MR) is 134 cm³/mol. The Morgan fingerprint density at radius 2 is 1.66 bits per heavy atom. The third-order valence-corrected chi connectivity index (χ3v) is 5.57. The molecule has 2 aromatic carbocycles. The van der Waals surface area contributed by atoms with Crippen molar-refractivity contribution >= 4 is 23.5 Å². The second-order valence-electron chi connectivity index (χ2n) is 8.51. The van der Waals surface area contributed by atoms with Crippen molar-refractivity contribution in [2.24, 2.45) is 0 Å². The molecule has 0 aliphatic carbocycles. The van der Waals surface area contributed by atoms with E-state index in [-0.39, 0.29) is 6.10 Å². The van der Waals surface area contributed by atoms with Crippen LogP contribution in [0.25, 0.3) is 0 Å². The number of hydrogen-bond acceptors (Lipinski definition) is 5. The van der Waals surface area contributed by atoms with E-state index in [2.05, 4.69) is 24.4 Å². The predicted octanol–water partition coefficient (Wildman–Crippen LogP) is 6.36. The quantitative estimate of drug-likeness (QED) is 0.400. The van der Waals surface area contributed by atoms with Crippen LogP contribution in [0.1, 0.15) is 45.7 Å². The van der Waals surface area contributed by atoms with Crippen molar-refractivity contribution in [3.8, 4) is 5.75 Å². The van der Waals surface area contributed by atoms with E-state index in [4.69, 9.17) is 14.2 Å². The molecule has 0 unspecified atom stereocenters. The van der Waals surface area contributed by atoms with Crippen LogP contribution in [0.5, 0.6) is 5.75 Å². The molecule has 0 saturated carbocycles. The first-order valence-electron chi connectivity index (χ1n) is 11.3. The molecule has 0 bridgehead atoms. The van der Waals surface area contributed by atoms with Gasteiger partial charge in [0.25, 0.3) is 0 Å². The van der Waals surface area contributed by atoms with E-state index >= 15 is 0 Å². The molecule has 2 aromatic rings. The summed E-state index contributed by atoms with van der Waals surface area (Å²) in [6.07, 6.45) is 1.51. The van der Waals surface area contributed by atoms with Gasteiger partial charge in [0.05, 0.1) is 12.7 Å². The molecule has 1 amide bonds. The summed E-state index contributed by atoms with van der Waals surface area (Å²) in [6, 6.07) is 16.0. The van der Waals surface area contributed by atoms with Gasteiger partial charge in [-0.2, -0.15) is 11.8 Å². The van der Waals surface area contributed by atoms with Gasteiger partial charge < -0.3 is 14.2 Å².